The summed E-state index contributed by atoms with van der Waals surface area (Å²) in [6.45, 7) is 5.32. The summed E-state index contributed by atoms with van der Waals surface area (Å²) >= 11 is 1.90. The number of nitrogens with one attached hydrogen (secondary N) is 1. The van der Waals surface area contributed by atoms with E-state index in [4.69, 9.17) is 0 Å². The van der Waals surface area contributed by atoms with Crippen molar-refractivity contribution in [3.63, 3.8) is 0 Å². The van der Waals surface area contributed by atoms with Crippen LogP contribution in [0.1, 0.15) is 35.2 Å². The van der Waals surface area contributed by atoms with Gasteiger partial charge in [-0.3, -0.25) is 4.98 Å². The van der Waals surface area contributed by atoms with E-state index < -0.39 is 0 Å². The van der Waals surface area contributed by atoms with Crippen molar-refractivity contribution in [1.29, 1.82) is 0 Å². The molecule has 0 fully saturated rings. The third-order valence-corrected chi connectivity index (χ3v) is 4.08. The van der Waals surface area contributed by atoms with E-state index in [1.165, 1.54) is 15.3 Å². The predicted octanol–water partition coefficient (Wildman–Crippen LogP) is 3.56. The van der Waals surface area contributed by atoms with Gasteiger partial charge in [-0.05, 0) is 43.2 Å². The van der Waals surface area contributed by atoms with E-state index in [-0.39, 0.29) is 0 Å². The number of pyridine rings is 1. The highest BCUT2D eigenvalue weighted by atomic mass is 32.1. The maximum absolute atomic E-state index is 4.03. The molecule has 0 unspecified atom stereocenters. The second-order valence-corrected chi connectivity index (χ2v) is 5.36. The van der Waals surface area contributed by atoms with Gasteiger partial charge in [0.1, 0.15) is 0 Å². The molecule has 2 heterocycles. The summed E-state index contributed by atoms with van der Waals surface area (Å²) < 4.78 is 0. The molecule has 0 radical (unpaired) electrons. The third kappa shape index (κ3) is 3.38. The minimum atomic E-state index is 0.366. The Morgan fingerprint density at radius 1 is 1.18 bits per heavy atom. The van der Waals surface area contributed by atoms with E-state index in [1.54, 1.807) is 0 Å². The van der Waals surface area contributed by atoms with Crippen molar-refractivity contribution in [2.45, 2.75) is 32.9 Å². The number of nitrogens with zero attached hydrogens (tertiary/aromatic N) is 1. The molecular formula is C14H18N2S. The van der Waals surface area contributed by atoms with Crippen LogP contribution < -0.4 is 5.32 Å². The topological polar surface area (TPSA) is 24.9 Å². The molecule has 0 saturated carbocycles. The van der Waals surface area contributed by atoms with Crippen LogP contribution in [0.4, 0.5) is 0 Å². The van der Waals surface area contributed by atoms with Crippen molar-refractivity contribution in [3.8, 4) is 0 Å². The Morgan fingerprint density at radius 3 is 2.53 bits per heavy atom. The number of hydrogen-bond donors (Lipinski definition) is 1. The Balaban J connectivity index is 1.90. The van der Waals surface area contributed by atoms with Crippen molar-refractivity contribution in [1.82, 2.24) is 10.3 Å². The fraction of sp³-hybridized carbons (Fsp3) is 0.357. The highest BCUT2D eigenvalue weighted by Crippen LogP contribution is 2.18. The number of aromatic nitrogens is 1. The second-order valence-electron chi connectivity index (χ2n) is 4.10. The van der Waals surface area contributed by atoms with Gasteiger partial charge in [0.25, 0.3) is 0 Å². The second kappa shape index (κ2) is 5.94. The fourth-order valence-corrected chi connectivity index (χ4v) is 2.64. The third-order valence-electron chi connectivity index (χ3n) is 2.85. The van der Waals surface area contributed by atoms with E-state index >= 15 is 0 Å². The molecule has 90 valence electrons. The molecule has 17 heavy (non-hydrogen) atoms. The van der Waals surface area contributed by atoms with Gasteiger partial charge >= 0.3 is 0 Å². The maximum atomic E-state index is 4.03. The molecule has 0 saturated heterocycles. The van der Waals surface area contributed by atoms with Crippen LogP contribution >= 0.6 is 11.3 Å². The molecule has 2 nitrogen and oxygen atoms in total. The monoisotopic (exact) mass is 246 g/mol. The lowest BCUT2D eigenvalue weighted by molar-refractivity contribution is 0.578. The summed E-state index contributed by atoms with van der Waals surface area (Å²) in [5.74, 6) is 0. The molecule has 1 N–H and O–H groups in total. The van der Waals surface area contributed by atoms with Crippen molar-refractivity contribution in [2.75, 3.05) is 0 Å². The van der Waals surface area contributed by atoms with E-state index in [2.05, 4.69) is 48.4 Å². The van der Waals surface area contributed by atoms with Gasteiger partial charge in [0.15, 0.2) is 0 Å². The molecule has 0 bridgehead atoms. The van der Waals surface area contributed by atoms with E-state index in [9.17, 15) is 0 Å². The quantitative estimate of drug-likeness (QED) is 0.872. The summed E-state index contributed by atoms with van der Waals surface area (Å²) in [5, 5.41) is 3.54. The van der Waals surface area contributed by atoms with Crippen LogP contribution in [0.25, 0.3) is 0 Å². The summed E-state index contributed by atoms with van der Waals surface area (Å²) in [4.78, 5) is 6.90. The smallest absolute Gasteiger partial charge is 0.0305 e. The fourth-order valence-electron chi connectivity index (χ4n) is 1.73. The first kappa shape index (κ1) is 12.3. The largest absolute Gasteiger partial charge is 0.305 e. The number of aryl methyl sites for hydroxylation is 1. The minimum Gasteiger partial charge on any atom is -0.305 e. The Kier molecular flexibility index (Phi) is 4.29. The lowest BCUT2D eigenvalue weighted by atomic mass is 10.1. The summed E-state index contributed by atoms with van der Waals surface area (Å²) in [7, 11) is 0. The molecule has 3 heteroatoms. The first-order valence-electron chi connectivity index (χ1n) is 6.00. The van der Waals surface area contributed by atoms with Gasteiger partial charge in [0.2, 0.25) is 0 Å². The van der Waals surface area contributed by atoms with Crippen molar-refractivity contribution >= 4 is 11.3 Å². The molecule has 2 aromatic heterocycles. The standard InChI is InChI=1S/C14H18N2S/c1-3-13-4-5-14(17-13)10-16-11(2)12-6-8-15-9-7-12/h4-9,11,16H,3,10H2,1-2H3/t11-/m1/s1. The van der Waals surface area contributed by atoms with Crippen LogP contribution in [0.15, 0.2) is 36.7 Å². The van der Waals surface area contributed by atoms with E-state index in [0.717, 1.165) is 13.0 Å². The summed E-state index contributed by atoms with van der Waals surface area (Å²) in [6.07, 6.45) is 4.81. The van der Waals surface area contributed by atoms with Crippen LogP contribution in [-0.4, -0.2) is 4.98 Å². The molecule has 0 aromatic carbocycles. The first-order valence-corrected chi connectivity index (χ1v) is 6.82. The zero-order valence-corrected chi connectivity index (χ0v) is 11.1. The zero-order valence-electron chi connectivity index (χ0n) is 10.3. The zero-order chi connectivity index (χ0) is 12.1. The Morgan fingerprint density at radius 2 is 1.88 bits per heavy atom. The molecule has 0 aliphatic heterocycles. The number of thiophene rings is 1. The van der Waals surface area contributed by atoms with Crippen molar-refractivity contribution in [2.24, 2.45) is 0 Å². The van der Waals surface area contributed by atoms with Gasteiger partial charge in [-0.15, -0.1) is 11.3 Å². The summed E-state index contributed by atoms with van der Waals surface area (Å²) in [6, 6.07) is 8.92. The number of rotatable bonds is 5. The highest BCUT2D eigenvalue weighted by molar-refractivity contribution is 7.11. The predicted molar refractivity (Wildman–Crippen MR) is 73.2 cm³/mol. The molecule has 0 aliphatic carbocycles. The average Bonchev–Trinajstić information content (AvgIpc) is 2.85. The van der Waals surface area contributed by atoms with E-state index in [1.807, 2.05) is 23.7 Å². The van der Waals surface area contributed by atoms with Gasteiger partial charge in [-0.1, -0.05) is 6.92 Å². The molecule has 0 spiro atoms. The van der Waals surface area contributed by atoms with Gasteiger partial charge in [0.05, 0.1) is 0 Å². The van der Waals surface area contributed by atoms with Gasteiger partial charge in [-0.2, -0.15) is 0 Å². The Hall–Kier alpha value is -1.19. The van der Waals surface area contributed by atoms with E-state index in [0.29, 0.717) is 6.04 Å². The summed E-state index contributed by atoms with van der Waals surface area (Å²) in [5.41, 5.74) is 1.28. The molecule has 0 amide bonds. The van der Waals surface area contributed by atoms with Crippen molar-refractivity contribution < 1.29 is 0 Å². The average molecular weight is 246 g/mol. The lowest BCUT2D eigenvalue weighted by Crippen LogP contribution is -2.17. The SMILES string of the molecule is CCc1ccc(CN[C@H](C)c2ccncc2)s1. The van der Waals surface area contributed by atoms with Crippen LogP contribution in [0, 0.1) is 0 Å². The molecule has 0 aliphatic rings. The molecular weight excluding hydrogens is 228 g/mol. The van der Waals surface area contributed by atoms with Gasteiger partial charge in [0, 0.05) is 34.7 Å². The maximum Gasteiger partial charge on any atom is 0.0305 e. The highest BCUT2D eigenvalue weighted by Gasteiger charge is 2.05. The van der Waals surface area contributed by atoms with Crippen LogP contribution in [0.5, 0.6) is 0 Å². The van der Waals surface area contributed by atoms with Gasteiger partial charge < -0.3 is 5.32 Å². The lowest BCUT2D eigenvalue weighted by Gasteiger charge is -2.12. The van der Waals surface area contributed by atoms with Crippen LogP contribution in [0.2, 0.25) is 0 Å². The first-order chi connectivity index (χ1) is 8.29. The Labute approximate surface area is 107 Å². The minimum absolute atomic E-state index is 0.366. The van der Waals surface area contributed by atoms with Crippen LogP contribution in [-0.2, 0) is 13.0 Å². The number of hydrogen-bond acceptors (Lipinski definition) is 3. The molecule has 1 atom stereocenters. The van der Waals surface area contributed by atoms with Crippen LogP contribution in [0.3, 0.4) is 0 Å². The van der Waals surface area contributed by atoms with Crippen molar-refractivity contribution in [3.05, 3.63) is 52.0 Å². The van der Waals surface area contributed by atoms with Gasteiger partial charge in [-0.25, -0.2) is 0 Å². The normalized spacial score (nSPS) is 12.6. The Bertz CT molecular complexity index is 450. The molecule has 2 rings (SSSR count). The molecule has 2 aromatic rings.